The van der Waals surface area contributed by atoms with E-state index < -0.39 is 74.2 Å². The molecule has 57 heavy (non-hydrogen) atoms. The lowest BCUT2D eigenvalue weighted by Crippen LogP contribution is -2.60. The normalized spacial score (nSPS) is 22.0. The van der Waals surface area contributed by atoms with Crippen LogP contribution in [0.25, 0.3) is 0 Å². The highest BCUT2D eigenvalue weighted by Crippen LogP contribution is 2.23. The van der Waals surface area contributed by atoms with Gasteiger partial charge in [-0.2, -0.15) is 0 Å². The second kappa shape index (κ2) is 36.9. The number of unbranched alkanes of at least 4 members (excludes halogenated alkanes) is 28. The van der Waals surface area contributed by atoms with E-state index >= 15 is 0 Å². The molecule has 0 spiro atoms. The second-order valence-corrected chi connectivity index (χ2v) is 17.2. The van der Waals surface area contributed by atoms with E-state index in [0.717, 1.165) is 38.5 Å². The van der Waals surface area contributed by atoms with E-state index in [0.29, 0.717) is 19.3 Å². The van der Waals surface area contributed by atoms with Crippen molar-refractivity contribution in [1.29, 1.82) is 0 Å². The predicted octanol–water partition coefficient (Wildman–Crippen LogP) is 7.89. The van der Waals surface area contributed by atoms with Gasteiger partial charge >= 0.3 is 0 Å². The topological polar surface area (TPSA) is 189 Å². The molecule has 1 aliphatic heterocycles. The van der Waals surface area contributed by atoms with Gasteiger partial charge in [0.1, 0.15) is 36.6 Å². The number of ether oxygens (including phenoxy) is 2. The van der Waals surface area contributed by atoms with E-state index in [-0.39, 0.29) is 6.42 Å². The first-order valence-electron chi connectivity index (χ1n) is 23.9. The molecule has 1 saturated heterocycles. The Morgan fingerprint density at radius 1 is 0.544 bits per heavy atom. The Hall–Kier alpha value is -0.890. The summed E-state index contributed by atoms with van der Waals surface area (Å²) in [5, 5.41) is 75.7. The smallest absolute Gasteiger partial charge is 0.249 e. The van der Waals surface area contributed by atoms with Crippen LogP contribution in [0.1, 0.15) is 219 Å². The van der Waals surface area contributed by atoms with Gasteiger partial charge in [-0.1, -0.05) is 206 Å². The van der Waals surface area contributed by atoms with Crippen LogP contribution in [-0.2, 0) is 14.3 Å². The molecule has 1 aliphatic rings. The van der Waals surface area contributed by atoms with Gasteiger partial charge in [-0.25, -0.2) is 0 Å². The fourth-order valence-electron chi connectivity index (χ4n) is 7.91. The van der Waals surface area contributed by atoms with Crippen molar-refractivity contribution in [2.45, 2.75) is 274 Å². The Labute approximate surface area is 348 Å². The van der Waals surface area contributed by atoms with Crippen LogP contribution in [0.2, 0.25) is 0 Å². The number of aliphatic hydroxyl groups is 7. The summed E-state index contributed by atoms with van der Waals surface area (Å²) >= 11 is 0. The van der Waals surface area contributed by atoms with E-state index in [1.165, 1.54) is 141 Å². The lowest BCUT2D eigenvalue weighted by molar-refractivity contribution is -0.303. The molecule has 11 nitrogen and oxygen atoms in total. The van der Waals surface area contributed by atoms with Crippen molar-refractivity contribution < 1.29 is 50.0 Å². The maximum atomic E-state index is 13.1. The lowest BCUT2D eigenvalue weighted by Gasteiger charge is -2.40. The lowest BCUT2D eigenvalue weighted by atomic mass is 9.98. The van der Waals surface area contributed by atoms with Crippen LogP contribution in [0.4, 0.5) is 0 Å². The van der Waals surface area contributed by atoms with E-state index in [1.807, 2.05) is 0 Å². The molecule has 0 saturated carbocycles. The molecule has 0 aromatic carbocycles. The zero-order valence-electron chi connectivity index (χ0n) is 36.6. The Morgan fingerprint density at radius 2 is 0.912 bits per heavy atom. The number of amides is 1. The van der Waals surface area contributed by atoms with Crippen molar-refractivity contribution in [3.05, 3.63) is 0 Å². The molecule has 0 aromatic rings. The van der Waals surface area contributed by atoms with Gasteiger partial charge < -0.3 is 50.5 Å². The average molecular weight is 818 g/mol. The molecule has 1 fully saturated rings. The average Bonchev–Trinajstić information content (AvgIpc) is 3.21. The monoisotopic (exact) mass is 818 g/mol. The van der Waals surface area contributed by atoms with Crippen LogP contribution in [0.3, 0.4) is 0 Å². The van der Waals surface area contributed by atoms with Crippen molar-refractivity contribution in [3.8, 4) is 0 Å². The van der Waals surface area contributed by atoms with Crippen LogP contribution >= 0.6 is 0 Å². The van der Waals surface area contributed by atoms with Crippen LogP contribution < -0.4 is 5.32 Å². The van der Waals surface area contributed by atoms with Gasteiger partial charge in [-0.3, -0.25) is 4.79 Å². The molecule has 1 heterocycles. The number of carbonyl (C=O) groups is 1. The molecule has 1 amide bonds. The Kier molecular flexibility index (Phi) is 35.1. The minimum Gasteiger partial charge on any atom is -0.394 e. The molecular formula is C46H91NO10. The number of aliphatic hydroxyl groups excluding tert-OH is 7. The zero-order chi connectivity index (χ0) is 41.9. The van der Waals surface area contributed by atoms with Gasteiger partial charge in [0.15, 0.2) is 6.29 Å². The van der Waals surface area contributed by atoms with Gasteiger partial charge in [-0.15, -0.1) is 0 Å². The third-order valence-corrected chi connectivity index (χ3v) is 11.9. The Balaban J connectivity index is 2.43. The van der Waals surface area contributed by atoms with Crippen LogP contribution in [0, 0.1) is 0 Å². The number of rotatable bonds is 40. The number of nitrogens with one attached hydrogen (secondary N) is 1. The second-order valence-electron chi connectivity index (χ2n) is 17.2. The van der Waals surface area contributed by atoms with Gasteiger partial charge in [-0.05, 0) is 12.8 Å². The summed E-state index contributed by atoms with van der Waals surface area (Å²) in [6, 6.07) is -1.16. The molecule has 8 N–H and O–H groups in total. The quantitative estimate of drug-likeness (QED) is 0.0283. The standard InChI is InChI=1S/C46H91NO10/c1-3-5-7-9-11-13-15-17-18-19-20-22-23-25-27-29-31-33-38(49)41(51)37(36-56-46-44(54)43(53)42(52)40(35-48)57-46)47-45(55)39(50)34-32-30-28-26-24-21-16-14-12-10-8-6-4-2/h37-44,46,48-54H,3-36H2,1-2H3,(H,47,55). The highest BCUT2D eigenvalue weighted by atomic mass is 16.7. The Bertz CT molecular complexity index is 897. The summed E-state index contributed by atoms with van der Waals surface area (Å²) in [5.74, 6) is -0.694. The summed E-state index contributed by atoms with van der Waals surface area (Å²) in [5.41, 5.74) is 0. The molecule has 1 rings (SSSR count). The minimum atomic E-state index is -1.66. The predicted molar refractivity (Wildman–Crippen MR) is 229 cm³/mol. The largest absolute Gasteiger partial charge is 0.394 e. The summed E-state index contributed by atoms with van der Waals surface area (Å²) < 4.78 is 11.1. The molecule has 0 radical (unpaired) electrons. The number of carbonyl (C=O) groups excluding carboxylic acids is 1. The van der Waals surface area contributed by atoms with E-state index in [9.17, 15) is 40.5 Å². The van der Waals surface area contributed by atoms with E-state index in [4.69, 9.17) is 9.47 Å². The highest BCUT2D eigenvalue weighted by molar-refractivity contribution is 5.80. The zero-order valence-corrected chi connectivity index (χ0v) is 36.6. The molecule has 340 valence electrons. The van der Waals surface area contributed by atoms with Gasteiger partial charge in [0.25, 0.3) is 0 Å². The Morgan fingerprint density at radius 3 is 1.30 bits per heavy atom. The molecular weight excluding hydrogens is 727 g/mol. The number of hydrogen-bond donors (Lipinski definition) is 8. The van der Waals surface area contributed by atoms with Gasteiger partial charge in [0.2, 0.25) is 5.91 Å². The van der Waals surface area contributed by atoms with Crippen molar-refractivity contribution in [2.75, 3.05) is 13.2 Å². The van der Waals surface area contributed by atoms with E-state index in [1.54, 1.807) is 0 Å². The van der Waals surface area contributed by atoms with Crippen molar-refractivity contribution >= 4 is 5.91 Å². The first-order valence-corrected chi connectivity index (χ1v) is 23.9. The highest BCUT2D eigenvalue weighted by Gasteiger charge is 2.44. The maximum absolute atomic E-state index is 13.1. The molecule has 0 aliphatic carbocycles. The third-order valence-electron chi connectivity index (χ3n) is 11.9. The maximum Gasteiger partial charge on any atom is 0.249 e. The first-order chi connectivity index (χ1) is 27.7. The fourth-order valence-corrected chi connectivity index (χ4v) is 7.91. The summed E-state index contributed by atoms with van der Waals surface area (Å²) in [6.45, 7) is 3.45. The summed E-state index contributed by atoms with van der Waals surface area (Å²) in [4.78, 5) is 13.1. The van der Waals surface area contributed by atoms with Crippen molar-refractivity contribution in [1.82, 2.24) is 5.32 Å². The fraction of sp³-hybridized carbons (Fsp3) is 0.978. The SMILES string of the molecule is CCCCCCCCCCCCCCCCCCCC(O)C(O)C(COC1OC(CO)C(O)C(O)C1O)NC(=O)C(O)CCCCCCCCCCCCCCC. The molecule has 0 aromatic heterocycles. The first kappa shape index (κ1) is 54.1. The van der Waals surface area contributed by atoms with Crippen LogP contribution in [-0.4, -0.2) is 110 Å². The summed E-state index contributed by atoms with van der Waals surface area (Å²) in [6.07, 6.45) is 25.7. The van der Waals surface area contributed by atoms with Gasteiger partial charge in [0.05, 0.1) is 25.4 Å². The molecule has 11 heteroatoms. The summed E-state index contributed by atoms with van der Waals surface area (Å²) in [7, 11) is 0. The minimum absolute atomic E-state index is 0.266. The molecule has 9 unspecified atom stereocenters. The van der Waals surface area contributed by atoms with Crippen molar-refractivity contribution in [3.63, 3.8) is 0 Å². The molecule has 9 atom stereocenters. The van der Waals surface area contributed by atoms with Crippen LogP contribution in [0.5, 0.6) is 0 Å². The van der Waals surface area contributed by atoms with E-state index in [2.05, 4.69) is 19.2 Å². The van der Waals surface area contributed by atoms with Crippen molar-refractivity contribution in [2.24, 2.45) is 0 Å². The van der Waals surface area contributed by atoms with Crippen LogP contribution in [0.15, 0.2) is 0 Å². The third kappa shape index (κ3) is 26.8. The molecule has 0 bridgehead atoms. The number of hydrogen-bond acceptors (Lipinski definition) is 10. The van der Waals surface area contributed by atoms with Gasteiger partial charge in [0, 0.05) is 0 Å².